The van der Waals surface area contributed by atoms with Crippen molar-refractivity contribution in [2.75, 3.05) is 18.5 Å². The summed E-state index contributed by atoms with van der Waals surface area (Å²) >= 11 is 0. The molecule has 2 rings (SSSR count). The molecular weight excluding hydrogens is 248 g/mol. The molecule has 0 aliphatic carbocycles. The van der Waals surface area contributed by atoms with Crippen LogP contribution in [0.1, 0.15) is 24.1 Å². The Kier molecular flexibility index (Phi) is 3.44. The number of hydrogen-bond acceptors (Lipinski definition) is 5. The summed E-state index contributed by atoms with van der Waals surface area (Å²) in [6.07, 6.45) is 0.717. The molecule has 1 aromatic heterocycles. The lowest BCUT2D eigenvalue weighted by Gasteiger charge is -2.34. The van der Waals surface area contributed by atoms with Crippen molar-refractivity contribution in [3.05, 3.63) is 11.3 Å². The molecule has 0 amide bonds. The monoisotopic (exact) mass is 264 g/mol. The molecule has 0 unspecified atom stereocenters. The van der Waals surface area contributed by atoms with Crippen LogP contribution in [0, 0.1) is 18.3 Å². The van der Waals surface area contributed by atoms with Crippen LogP contribution in [0.25, 0.3) is 0 Å². The van der Waals surface area contributed by atoms with E-state index in [0.717, 1.165) is 0 Å². The quantitative estimate of drug-likeness (QED) is 0.831. The molecule has 0 bridgehead atoms. The van der Waals surface area contributed by atoms with Gasteiger partial charge in [0.15, 0.2) is 0 Å². The lowest BCUT2D eigenvalue weighted by atomic mass is 9.90. The SMILES string of the molecule is Cc1nn(C)c(NC2(C(=O)O)CCOCC2)c1C#N. The first kappa shape index (κ1) is 13.4. The predicted molar refractivity (Wildman–Crippen MR) is 66.7 cm³/mol. The van der Waals surface area contributed by atoms with E-state index in [9.17, 15) is 9.90 Å². The van der Waals surface area contributed by atoms with Gasteiger partial charge in [0, 0.05) is 33.1 Å². The first-order valence-corrected chi connectivity index (χ1v) is 6.03. The Morgan fingerprint density at radius 2 is 2.21 bits per heavy atom. The van der Waals surface area contributed by atoms with Crippen LogP contribution >= 0.6 is 0 Å². The van der Waals surface area contributed by atoms with Crippen molar-refractivity contribution in [2.45, 2.75) is 25.3 Å². The van der Waals surface area contributed by atoms with Gasteiger partial charge >= 0.3 is 5.97 Å². The molecule has 0 atom stereocenters. The van der Waals surface area contributed by atoms with Crippen molar-refractivity contribution in [1.29, 1.82) is 5.26 Å². The number of carboxylic acid groups (broad SMARTS) is 1. The van der Waals surface area contributed by atoms with Gasteiger partial charge in [0.2, 0.25) is 0 Å². The van der Waals surface area contributed by atoms with Crippen LogP contribution in [-0.4, -0.2) is 39.6 Å². The van der Waals surface area contributed by atoms with Crippen LogP contribution in [0.3, 0.4) is 0 Å². The number of nitrogens with zero attached hydrogens (tertiary/aromatic N) is 3. The third-order valence-corrected chi connectivity index (χ3v) is 3.45. The minimum Gasteiger partial charge on any atom is -0.480 e. The Morgan fingerprint density at radius 3 is 2.74 bits per heavy atom. The first-order valence-electron chi connectivity index (χ1n) is 6.03. The van der Waals surface area contributed by atoms with E-state index >= 15 is 0 Å². The molecule has 1 aliphatic heterocycles. The smallest absolute Gasteiger partial charge is 0.329 e. The van der Waals surface area contributed by atoms with Crippen molar-refractivity contribution < 1.29 is 14.6 Å². The molecule has 0 aromatic carbocycles. The van der Waals surface area contributed by atoms with Gasteiger partial charge in [-0.1, -0.05) is 0 Å². The molecule has 7 heteroatoms. The van der Waals surface area contributed by atoms with Crippen LogP contribution in [0.4, 0.5) is 5.82 Å². The van der Waals surface area contributed by atoms with Crippen molar-refractivity contribution >= 4 is 11.8 Å². The molecule has 2 heterocycles. The topological polar surface area (TPSA) is 100 Å². The highest BCUT2D eigenvalue weighted by atomic mass is 16.5. The average Bonchev–Trinajstić information content (AvgIpc) is 2.64. The fourth-order valence-corrected chi connectivity index (χ4v) is 2.27. The summed E-state index contributed by atoms with van der Waals surface area (Å²) in [5.41, 5.74) is -0.126. The zero-order chi connectivity index (χ0) is 14.0. The maximum atomic E-state index is 11.6. The molecule has 102 valence electrons. The van der Waals surface area contributed by atoms with E-state index < -0.39 is 11.5 Å². The van der Waals surface area contributed by atoms with Crippen molar-refractivity contribution in [1.82, 2.24) is 9.78 Å². The Labute approximate surface area is 110 Å². The first-order chi connectivity index (χ1) is 9.00. The van der Waals surface area contributed by atoms with Crippen molar-refractivity contribution in [3.8, 4) is 6.07 Å². The third-order valence-electron chi connectivity index (χ3n) is 3.45. The normalized spacial score (nSPS) is 17.7. The molecule has 0 radical (unpaired) electrons. The third kappa shape index (κ3) is 2.27. The summed E-state index contributed by atoms with van der Waals surface area (Å²) in [6, 6.07) is 2.06. The highest BCUT2D eigenvalue weighted by Gasteiger charge is 2.41. The Bertz CT molecular complexity index is 538. The van der Waals surface area contributed by atoms with E-state index in [0.29, 0.717) is 43.1 Å². The van der Waals surface area contributed by atoms with Gasteiger partial charge in [-0.15, -0.1) is 0 Å². The molecule has 2 N–H and O–H groups in total. The lowest BCUT2D eigenvalue weighted by Crippen LogP contribution is -2.51. The minimum absolute atomic E-state index is 0.359. The molecule has 1 aromatic rings. The number of rotatable bonds is 3. The van der Waals surface area contributed by atoms with E-state index in [4.69, 9.17) is 10.00 Å². The number of anilines is 1. The van der Waals surface area contributed by atoms with Crippen LogP contribution in [0.15, 0.2) is 0 Å². The standard InChI is InChI=1S/C12H16N4O3/c1-8-9(7-13)10(16(2)15-8)14-12(11(17)18)3-5-19-6-4-12/h14H,3-6H2,1-2H3,(H,17,18). The Balaban J connectivity index is 2.38. The zero-order valence-electron chi connectivity index (χ0n) is 10.9. The maximum absolute atomic E-state index is 11.6. The fourth-order valence-electron chi connectivity index (χ4n) is 2.27. The summed E-state index contributed by atoms with van der Waals surface area (Å²) in [6.45, 7) is 2.50. The van der Waals surface area contributed by atoms with E-state index in [1.165, 1.54) is 4.68 Å². The molecule has 1 saturated heterocycles. The molecule has 1 fully saturated rings. The van der Waals surface area contributed by atoms with E-state index in [2.05, 4.69) is 16.5 Å². The average molecular weight is 264 g/mol. The van der Waals surface area contributed by atoms with Gasteiger partial charge in [0.1, 0.15) is 23.0 Å². The molecular formula is C12H16N4O3. The summed E-state index contributed by atoms with van der Waals surface area (Å²) in [5.74, 6) is -0.483. The predicted octanol–water partition coefficient (Wildman–Crippen LogP) is 0.646. The van der Waals surface area contributed by atoms with Crippen molar-refractivity contribution in [2.24, 2.45) is 7.05 Å². The van der Waals surface area contributed by atoms with Gasteiger partial charge in [0.25, 0.3) is 0 Å². The number of nitriles is 1. The van der Waals surface area contributed by atoms with Crippen molar-refractivity contribution in [3.63, 3.8) is 0 Å². The van der Waals surface area contributed by atoms with E-state index in [-0.39, 0.29) is 0 Å². The maximum Gasteiger partial charge on any atom is 0.329 e. The number of carbonyl (C=O) groups is 1. The van der Waals surface area contributed by atoms with E-state index in [1.54, 1.807) is 14.0 Å². The highest BCUT2D eigenvalue weighted by molar-refractivity contribution is 5.83. The van der Waals surface area contributed by atoms with Gasteiger partial charge < -0.3 is 15.2 Å². The summed E-state index contributed by atoms with van der Waals surface area (Å²) in [7, 11) is 1.69. The second-order valence-corrected chi connectivity index (χ2v) is 4.67. The lowest BCUT2D eigenvalue weighted by molar-refractivity contribution is -0.145. The second kappa shape index (κ2) is 4.90. The minimum atomic E-state index is -1.09. The Hall–Kier alpha value is -2.07. The van der Waals surface area contributed by atoms with E-state index in [1.807, 2.05) is 0 Å². The molecule has 0 spiro atoms. The van der Waals surface area contributed by atoms with Gasteiger partial charge in [-0.25, -0.2) is 4.79 Å². The molecule has 1 aliphatic rings. The fraction of sp³-hybridized carbons (Fsp3) is 0.583. The largest absolute Gasteiger partial charge is 0.480 e. The molecule has 19 heavy (non-hydrogen) atoms. The van der Waals surface area contributed by atoms with Crippen LogP contribution < -0.4 is 5.32 Å². The second-order valence-electron chi connectivity index (χ2n) is 4.67. The number of carboxylic acids is 1. The van der Waals surface area contributed by atoms with Gasteiger partial charge in [0.05, 0.1) is 5.69 Å². The number of ether oxygens (including phenoxy) is 1. The number of hydrogen-bond donors (Lipinski definition) is 2. The number of nitrogens with one attached hydrogen (secondary N) is 1. The van der Waals surface area contributed by atoms with Crippen LogP contribution in [0.5, 0.6) is 0 Å². The zero-order valence-corrected chi connectivity index (χ0v) is 10.9. The van der Waals surface area contributed by atoms with Gasteiger partial charge in [-0.2, -0.15) is 10.4 Å². The Morgan fingerprint density at radius 1 is 1.58 bits per heavy atom. The summed E-state index contributed by atoms with van der Waals surface area (Å²) < 4.78 is 6.72. The summed E-state index contributed by atoms with van der Waals surface area (Å²) in [4.78, 5) is 11.6. The molecule has 0 saturated carbocycles. The van der Waals surface area contributed by atoms with Crippen LogP contribution in [0.2, 0.25) is 0 Å². The van der Waals surface area contributed by atoms with Gasteiger partial charge in [-0.3, -0.25) is 4.68 Å². The number of aromatic nitrogens is 2. The molecule has 7 nitrogen and oxygen atoms in total. The number of aliphatic carboxylic acids is 1. The van der Waals surface area contributed by atoms with Crippen LogP contribution in [-0.2, 0) is 16.6 Å². The summed E-state index contributed by atoms with van der Waals surface area (Å²) in [5, 5.41) is 25.8. The van der Waals surface area contributed by atoms with Gasteiger partial charge in [-0.05, 0) is 6.92 Å². The highest BCUT2D eigenvalue weighted by Crippen LogP contribution is 2.28. The number of aryl methyl sites for hydroxylation is 2.